The molecule has 1 saturated heterocycles. The van der Waals surface area contributed by atoms with E-state index in [-0.39, 0.29) is 0 Å². The van der Waals surface area contributed by atoms with E-state index in [2.05, 4.69) is 33.3 Å². The monoisotopic (exact) mass is 301 g/mol. The summed E-state index contributed by atoms with van der Waals surface area (Å²) in [6.45, 7) is 7.84. The zero-order chi connectivity index (χ0) is 12.3. The van der Waals surface area contributed by atoms with E-state index in [0.29, 0.717) is 6.10 Å². The van der Waals surface area contributed by atoms with Crippen LogP contribution >= 0.6 is 15.9 Å². The number of aromatic nitrogens is 2. The Bertz CT molecular complexity index is 372. The molecule has 2 rings (SSSR count). The third-order valence-electron chi connectivity index (χ3n) is 3.19. The van der Waals surface area contributed by atoms with Gasteiger partial charge in [0.1, 0.15) is 0 Å². The number of hydrogen-bond acceptors (Lipinski definition) is 3. The molecule has 1 aliphatic rings. The highest BCUT2D eigenvalue weighted by Crippen LogP contribution is 2.19. The third-order valence-corrected chi connectivity index (χ3v) is 4.34. The number of halogens is 1. The summed E-state index contributed by atoms with van der Waals surface area (Å²) in [5.74, 6) is 0. The molecule has 0 aromatic carbocycles. The molecule has 0 saturated carbocycles. The van der Waals surface area contributed by atoms with Crippen molar-refractivity contribution in [1.82, 2.24) is 15.1 Å². The molecule has 4 nitrogen and oxygen atoms in total. The number of ether oxygens (including phenoxy) is 1. The van der Waals surface area contributed by atoms with E-state index in [1.54, 1.807) is 0 Å². The quantitative estimate of drug-likeness (QED) is 0.846. The molecule has 0 spiro atoms. The van der Waals surface area contributed by atoms with Gasteiger partial charge in [0.05, 0.1) is 22.8 Å². The van der Waals surface area contributed by atoms with Gasteiger partial charge in [0.25, 0.3) is 0 Å². The average molecular weight is 302 g/mol. The molecule has 5 heteroatoms. The number of hydrogen-bond donors (Lipinski definition) is 1. The Labute approximate surface area is 111 Å². The predicted molar refractivity (Wildman–Crippen MR) is 71.2 cm³/mol. The first-order valence-electron chi connectivity index (χ1n) is 6.20. The van der Waals surface area contributed by atoms with Gasteiger partial charge in [-0.25, -0.2) is 0 Å². The highest BCUT2D eigenvalue weighted by molar-refractivity contribution is 9.10. The van der Waals surface area contributed by atoms with E-state index in [4.69, 9.17) is 4.74 Å². The molecule has 0 radical (unpaired) electrons. The smallest absolute Gasteiger partial charge is 0.0738 e. The van der Waals surface area contributed by atoms with Crippen molar-refractivity contribution in [3.05, 3.63) is 15.9 Å². The average Bonchev–Trinajstić information content (AvgIpc) is 2.90. The zero-order valence-corrected chi connectivity index (χ0v) is 12.1. The maximum atomic E-state index is 5.56. The highest BCUT2D eigenvalue weighted by atomic mass is 79.9. The van der Waals surface area contributed by atoms with E-state index in [1.807, 2.05) is 11.6 Å². The Morgan fingerprint density at radius 1 is 1.53 bits per heavy atom. The fraction of sp³-hybridized carbons (Fsp3) is 0.750. The summed E-state index contributed by atoms with van der Waals surface area (Å²) in [5.41, 5.74) is 2.25. The van der Waals surface area contributed by atoms with Gasteiger partial charge in [0.15, 0.2) is 0 Å². The van der Waals surface area contributed by atoms with Crippen LogP contribution < -0.4 is 5.32 Å². The number of nitrogens with one attached hydrogen (secondary N) is 1. The van der Waals surface area contributed by atoms with Crippen molar-refractivity contribution in [3.8, 4) is 0 Å². The Morgan fingerprint density at radius 2 is 2.35 bits per heavy atom. The summed E-state index contributed by atoms with van der Waals surface area (Å²) in [6.07, 6.45) is 2.82. The second kappa shape index (κ2) is 5.98. The van der Waals surface area contributed by atoms with Crippen LogP contribution in [0.5, 0.6) is 0 Å². The van der Waals surface area contributed by atoms with Crippen LogP contribution in [0.15, 0.2) is 4.47 Å². The fourth-order valence-electron chi connectivity index (χ4n) is 2.15. The standard InChI is InChI=1S/C12H20BrN3O/c1-9-12(13)10(2)16(15-9)6-5-14-8-11-4-3-7-17-11/h11,14H,3-8H2,1-2H3. The topological polar surface area (TPSA) is 39.1 Å². The van der Waals surface area contributed by atoms with Crippen molar-refractivity contribution in [3.63, 3.8) is 0 Å². The van der Waals surface area contributed by atoms with Crippen molar-refractivity contribution >= 4 is 15.9 Å². The van der Waals surface area contributed by atoms with Crippen LogP contribution in [0.4, 0.5) is 0 Å². The summed E-state index contributed by atoms with van der Waals surface area (Å²) in [4.78, 5) is 0. The van der Waals surface area contributed by atoms with Crippen LogP contribution in [0.3, 0.4) is 0 Å². The van der Waals surface area contributed by atoms with E-state index in [0.717, 1.165) is 36.4 Å². The molecule has 0 amide bonds. The molecule has 1 N–H and O–H groups in total. The minimum Gasteiger partial charge on any atom is -0.377 e. The molecule has 1 aliphatic heterocycles. The molecular formula is C12H20BrN3O. The normalized spacial score (nSPS) is 20.1. The molecule has 1 unspecified atom stereocenters. The number of nitrogens with zero attached hydrogens (tertiary/aromatic N) is 2. The Balaban J connectivity index is 1.72. The van der Waals surface area contributed by atoms with Crippen LogP contribution in [-0.2, 0) is 11.3 Å². The van der Waals surface area contributed by atoms with Gasteiger partial charge in [-0.05, 0) is 42.6 Å². The van der Waals surface area contributed by atoms with Crippen LogP contribution in [0.1, 0.15) is 24.2 Å². The summed E-state index contributed by atoms with van der Waals surface area (Å²) < 4.78 is 8.73. The first-order chi connectivity index (χ1) is 8.18. The summed E-state index contributed by atoms with van der Waals surface area (Å²) in [7, 11) is 0. The van der Waals surface area contributed by atoms with Crippen LogP contribution in [0.25, 0.3) is 0 Å². The summed E-state index contributed by atoms with van der Waals surface area (Å²) in [5, 5.41) is 7.91. The van der Waals surface area contributed by atoms with E-state index >= 15 is 0 Å². The molecule has 0 aliphatic carbocycles. The first kappa shape index (κ1) is 13.1. The summed E-state index contributed by atoms with van der Waals surface area (Å²) in [6, 6.07) is 0. The van der Waals surface area contributed by atoms with Crippen LogP contribution in [-0.4, -0.2) is 35.6 Å². The molecule has 17 heavy (non-hydrogen) atoms. The van der Waals surface area contributed by atoms with Gasteiger partial charge in [-0.15, -0.1) is 0 Å². The summed E-state index contributed by atoms with van der Waals surface area (Å²) >= 11 is 3.54. The van der Waals surface area contributed by atoms with Gasteiger partial charge in [0.2, 0.25) is 0 Å². The van der Waals surface area contributed by atoms with Crippen molar-refractivity contribution in [1.29, 1.82) is 0 Å². The Hall–Kier alpha value is -0.390. The lowest BCUT2D eigenvalue weighted by molar-refractivity contribution is 0.110. The van der Waals surface area contributed by atoms with Crippen molar-refractivity contribution in [2.45, 2.75) is 39.3 Å². The van der Waals surface area contributed by atoms with Crippen molar-refractivity contribution < 1.29 is 4.74 Å². The minimum atomic E-state index is 0.419. The largest absolute Gasteiger partial charge is 0.377 e. The van der Waals surface area contributed by atoms with Crippen molar-refractivity contribution in [2.24, 2.45) is 0 Å². The lowest BCUT2D eigenvalue weighted by Crippen LogP contribution is -2.29. The lowest BCUT2D eigenvalue weighted by Gasteiger charge is -2.11. The SMILES string of the molecule is Cc1nn(CCNCC2CCCO2)c(C)c1Br. The van der Waals surface area contributed by atoms with E-state index in [1.165, 1.54) is 18.5 Å². The molecule has 1 atom stereocenters. The molecule has 1 aromatic rings. The van der Waals surface area contributed by atoms with E-state index in [9.17, 15) is 0 Å². The van der Waals surface area contributed by atoms with Gasteiger partial charge in [-0.1, -0.05) is 0 Å². The predicted octanol–water partition coefficient (Wildman–Crippen LogP) is 2.03. The number of rotatable bonds is 5. The maximum Gasteiger partial charge on any atom is 0.0738 e. The fourth-order valence-corrected chi connectivity index (χ4v) is 2.43. The van der Waals surface area contributed by atoms with Gasteiger partial charge in [0, 0.05) is 25.4 Å². The minimum absolute atomic E-state index is 0.419. The lowest BCUT2D eigenvalue weighted by atomic mass is 10.2. The Kier molecular flexibility index (Phi) is 4.59. The zero-order valence-electron chi connectivity index (χ0n) is 10.5. The van der Waals surface area contributed by atoms with Crippen LogP contribution in [0, 0.1) is 13.8 Å². The molecular weight excluding hydrogens is 282 g/mol. The van der Waals surface area contributed by atoms with Gasteiger partial charge >= 0.3 is 0 Å². The van der Waals surface area contributed by atoms with Gasteiger partial charge < -0.3 is 10.1 Å². The molecule has 1 fully saturated rings. The van der Waals surface area contributed by atoms with Crippen molar-refractivity contribution in [2.75, 3.05) is 19.7 Å². The molecule has 1 aromatic heterocycles. The van der Waals surface area contributed by atoms with Crippen LogP contribution in [0.2, 0.25) is 0 Å². The van der Waals surface area contributed by atoms with Gasteiger partial charge in [-0.2, -0.15) is 5.10 Å². The first-order valence-corrected chi connectivity index (χ1v) is 6.99. The van der Waals surface area contributed by atoms with E-state index < -0.39 is 0 Å². The Morgan fingerprint density at radius 3 is 2.94 bits per heavy atom. The van der Waals surface area contributed by atoms with Gasteiger partial charge in [-0.3, -0.25) is 4.68 Å². The molecule has 2 heterocycles. The highest BCUT2D eigenvalue weighted by Gasteiger charge is 2.14. The maximum absolute atomic E-state index is 5.56. The second-order valence-electron chi connectivity index (χ2n) is 4.55. The molecule has 0 bridgehead atoms. The third kappa shape index (κ3) is 3.30. The second-order valence-corrected chi connectivity index (χ2v) is 5.34. The number of aryl methyl sites for hydroxylation is 1. The molecule has 96 valence electrons.